The molecule has 4 atom stereocenters. The summed E-state index contributed by atoms with van der Waals surface area (Å²) in [6.45, 7) is 5.89. The molecule has 0 saturated carbocycles. The summed E-state index contributed by atoms with van der Waals surface area (Å²) in [6.07, 6.45) is -7.95. The lowest BCUT2D eigenvalue weighted by Gasteiger charge is -2.25. The van der Waals surface area contributed by atoms with Crippen LogP contribution in [-0.2, 0) is 71.0 Å². The van der Waals surface area contributed by atoms with Gasteiger partial charge < -0.3 is 16.0 Å². The number of carbonyl (C=O) groups excluding carboxylic acids is 2. The lowest BCUT2D eigenvalue weighted by atomic mass is 9.93. The molecule has 0 spiro atoms. The third kappa shape index (κ3) is 13.1. The third-order valence-electron chi connectivity index (χ3n) is 11.4. The largest absolute Gasteiger partial charge is 0.435 e. The normalized spacial score (nSPS) is 16.0. The molecule has 0 fully saturated rings. The number of hydrogen-bond acceptors (Lipinski definition) is 8. The summed E-state index contributed by atoms with van der Waals surface area (Å²) < 4.78 is 170. The Labute approximate surface area is 412 Å². The second-order valence-electron chi connectivity index (χ2n) is 17.8. The molecule has 5 aromatic rings. The lowest BCUT2D eigenvalue weighted by Crippen LogP contribution is -2.43. The Hall–Kier alpha value is -5.14. The van der Waals surface area contributed by atoms with Crippen molar-refractivity contribution in [2.24, 2.45) is 11.7 Å². The molecule has 3 unspecified atom stereocenters. The molecular weight excluding hydrogens is 1020 g/mol. The van der Waals surface area contributed by atoms with E-state index in [9.17, 15) is 53.1 Å². The van der Waals surface area contributed by atoms with Crippen LogP contribution in [0.4, 0.5) is 54.5 Å². The Kier molecular flexibility index (Phi) is 17.5. The van der Waals surface area contributed by atoms with Crippen molar-refractivity contribution in [1.82, 2.24) is 34.8 Å². The Balaban J connectivity index is 0.00000124. The highest BCUT2D eigenvalue weighted by Crippen LogP contribution is 2.50. The van der Waals surface area contributed by atoms with Gasteiger partial charge in [-0.25, -0.2) is 17.8 Å². The smallest absolute Gasteiger partial charge is 0.346 e. The zero-order valence-electron chi connectivity index (χ0n) is 39.7. The average molecular weight is 1070 g/mol. The zero-order chi connectivity index (χ0) is 53.3. The number of nitrogens with two attached hydrogens (primary N) is 1. The number of urea groups is 1. The highest BCUT2D eigenvalue weighted by Gasteiger charge is 2.54. The van der Waals surface area contributed by atoms with Crippen molar-refractivity contribution < 1.29 is 61.9 Å². The number of carbonyl (C=O) groups is 2. The number of halogens is 11. The molecule has 1 aliphatic carbocycles. The number of alkyl halides is 8. The molecule has 390 valence electrons. The van der Waals surface area contributed by atoms with E-state index in [2.05, 4.69) is 20.5 Å². The number of aromatic nitrogens is 5. The summed E-state index contributed by atoms with van der Waals surface area (Å²) in [5.41, 5.74) is 1.68. The summed E-state index contributed by atoms with van der Waals surface area (Å²) in [5.74, 6) is -9.19. The minimum atomic E-state index is -5.16. The molecule has 6 rings (SSSR count). The number of benzene rings is 2. The maximum atomic E-state index is 15.4. The van der Waals surface area contributed by atoms with E-state index in [0.29, 0.717) is 27.2 Å². The van der Waals surface area contributed by atoms with E-state index in [0.717, 1.165) is 30.2 Å². The molecule has 26 heteroatoms. The van der Waals surface area contributed by atoms with Gasteiger partial charge in [0.1, 0.15) is 41.4 Å². The predicted molar refractivity (Wildman–Crippen MR) is 250 cm³/mol. The molecule has 0 bridgehead atoms. The maximum absolute atomic E-state index is 15.4. The molecule has 0 saturated heterocycles. The summed E-state index contributed by atoms with van der Waals surface area (Å²) in [7, 11) is -1.58. The predicted octanol–water partition coefficient (Wildman–Crippen LogP) is 9.42. The van der Waals surface area contributed by atoms with Gasteiger partial charge in [0.2, 0.25) is 5.91 Å². The van der Waals surface area contributed by atoms with Crippen LogP contribution >= 0.6 is 11.6 Å². The van der Waals surface area contributed by atoms with E-state index in [1.807, 2.05) is 20.8 Å². The molecule has 2 aromatic carbocycles. The fraction of sp³-hybridized carbons (Fsp3) is 0.489. The Morgan fingerprint density at radius 3 is 2.11 bits per heavy atom. The first-order valence-corrected chi connectivity index (χ1v) is 25.2. The average Bonchev–Trinajstić information content (AvgIpc) is 3.87. The first-order chi connectivity index (χ1) is 32.8. The zero-order valence-corrected chi connectivity index (χ0v) is 42.1. The van der Waals surface area contributed by atoms with Crippen molar-refractivity contribution in [2.45, 2.75) is 102 Å². The quantitative estimate of drug-likeness (QED) is 0.104. The van der Waals surface area contributed by atoms with E-state index < -0.39 is 124 Å². The van der Waals surface area contributed by atoms with Crippen molar-refractivity contribution in [3.05, 3.63) is 93.0 Å². The first kappa shape index (κ1) is 56.8. The molecule has 71 heavy (non-hydrogen) atoms. The van der Waals surface area contributed by atoms with Crippen LogP contribution in [0.25, 0.3) is 22.0 Å². The fourth-order valence-corrected chi connectivity index (χ4v) is 8.61. The van der Waals surface area contributed by atoms with Crippen LogP contribution < -0.4 is 15.4 Å². The van der Waals surface area contributed by atoms with Crippen LogP contribution in [0, 0.1) is 17.6 Å². The van der Waals surface area contributed by atoms with Crippen molar-refractivity contribution in [1.29, 1.82) is 0 Å². The fourth-order valence-electron chi connectivity index (χ4n) is 7.65. The number of amides is 3. The molecule has 3 N–H and O–H groups in total. The minimum Gasteiger partial charge on any atom is -0.346 e. The standard InChI is InChI=1S/C40H40ClF10N9O3S.C5H12OS/c1-5-24-7-8-25(26-9-10-28(41)31-33(26)59(19-38(44,45)46)56-36(31)60(64(4)63)37(62)57(3)12-6-11-52)32(53-24)29(16-21-14-22(42)17-23(43)15-21)54-30(61)18-58-35-27(13-20(2)39(35,47)48)34(55-58)40(49,50)51;1-5(2,3)7(4)6/h7-10,14-15,17,20,29H,5-6,11-13,16,18-19,52H2,1-4H3,(H,54,61);1-4H3/t20-,29?,64?;/m1./s1. The number of pyridine rings is 1. The number of fused-ring (bicyclic) bond motifs is 2. The van der Waals surface area contributed by atoms with Crippen LogP contribution in [0.2, 0.25) is 5.02 Å². The van der Waals surface area contributed by atoms with Gasteiger partial charge in [0.15, 0.2) is 11.5 Å². The van der Waals surface area contributed by atoms with Gasteiger partial charge in [-0.1, -0.05) is 37.6 Å². The van der Waals surface area contributed by atoms with Crippen LogP contribution in [0.15, 0.2) is 42.5 Å². The molecule has 0 aliphatic heterocycles. The molecule has 1 aliphatic rings. The highest BCUT2D eigenvalue weighted by molar-refractivity contribution is 7.86. The van der Waals surface area contributed by atoms with E-state index in [1.165, 1.54) is 31.3 Å². The van der Waals surface area contributed by atoms with Crippen LogP contribution in [0.1, 0.15) is 81.0 Å². The number of rotatable bonds is 14. The Morgan fingerprint density at radius 1 is 0.972 bits per heavy atom. The molecule has 3 heterocycles. The van der Waals surface area contributed by atoms with Gasteiger partial charge in [0.25, 0.3) is 5.92 Å². The summed E-state index contributed by atoms with van der Waals surface area (Å²) >= 11 is 6.68. The first-order valence-electron chi connectivity index (χ1n) is 21.8. The number of anilines is 1. The van der Waals surface area contributed by atoms with Crippen molar-refractivity contribution in [2.75, 3.05) is 37.0 Å². The van der Waals surface area contributed by atoms with Gasteiger partial charge in [-0.05, 0) is 82.8 Å². The molecular formula is C45H52ClF10N9O4S2. The van der Waals surface area contributed by atoms with E-state index in [4.69, 9.17) is 17.3 Å². The molecule has 3 aromatic heterocycles. The minimum absolute atomic E-state index is 0.0278. The van der Waals surface area contributed by atoms with Gasteiger partial charge in [0, 0.05) is 76.0 Å². The second-order valence-corrected chi connectivity index (χ2v) is 21.5. The van der Waals surface area contributed by atoms with Gasteiger partial charge in [-0.2, -0.15) is 49.6 Å². The van der Waals surface area contributed by atoms with E-state index >= 15 is 8.78 Å². The van der Waals surface area contributed by atoms with Gasteiger partial charge in [0.05, 0.1) is 27.7 Å². The van der Waals surface area contributed by atoms with Crippen molar-refractivity contribution in [3.8, 4) is 11.1 Å². The van der Waals surface area contributed by atoms with Gasteiger partial charge in [-0.3, -0.25) is 23.4 Å². The van der Waals surface area contributed by atoms with Crippen molar-refractivity contribution in [3.63, 3.8) is 0 Å². The second kappa shape index (κ2) is 21.9. The topological polar surface area (TPSA) is 161 Å². The number of nitrogens with one attached hydrogen (secondary N) is 1. The Bertz CT molecular complexity index is 2810. The Morgan fingerprint density at radius 2 is 1.58 bits per heavy atom. The number of aryl methyl sites for hydroxylation is 1. The maximum Gasteiger partial charge on any atom is 0.435 e. The summed E-state index contributed by atoms with van der Waals surface area (Å²) in [4.78, 5) is 33.5. The number of nitrogens with zero attached hydrogens (tertiary/aromatic N) is 7. The molecule has 3 amide bonds. The monoisotopic (exact) mass is 1070 g/mol. The molecule has 13 nitrogen and oxygen atoms in total. The van der Waals surface area contributed by atoms with Crippen LogP contribution in [0.3, 0.4) is 0 Å². The third-order valence-corrected chi connectivity index (χ3v) is 14.3. The molecule has 0 radical (unpaired) electrons. The number of hydrogen-bond donors (Lipinski definition) is 2. The lowest BCUT2D eigenvalue weighted by molar-refractivity contribution is -0.143. The van der Waals surface area contributed by atoms with Crippen molar-refractivity contribution >= 4 is 62.0 Å². The van der Waals surface area contributed by atoms with E-state index in [1.54, 1.807) is 13.2 Å². The van der Waals surface area contributed by atoms with Gasteiger partial charge in [-0.15, -0.1) is 0 Å². The highest BCUT2D eigenvalue weighted by atomic mass is 35.5. The SMILES string of the molecule is CCc1ccc(-c2ccc(Cl)c3c(N(C(=O)N(C)CCCN)S(C)=O)nn(CC(F)(F)F)c23)c(C(Cc2cc(F)cc(F)c2)NC(=O)Cn2nc(C(F)(F)F)c3c2C(F)(F)[C@H](C)C3)n1.CS(=O)C(C)(C)C. The van der Waals surface area contributed by atoms with E-state index in [-0.39, 0.29) is 67.2 Å². The van der Waals surface area contributed by atoms with Gasteiger partial charge >= 0.3 is 18.4 Å². The summed E-state index contributed by atoms with van der Waals surface area (Å²) in [5, 5.41) is 9.54. The van der Waals surface area contributed by atoms with Crippen LogP contribution in [0.5, 0.6) is 0 Å². The summed E-state index contributed by atoms with van der Waals surface area (Å²) in [6, 6.07) is 5.38. The van der Waals surface area contributed by atoms with Crippen LogP contribution in [-0.4, -0.2) is 93.4 Å².